The normalized spacial score (nSPS) is 39.0. The number of rotatable bonds is 2. The molecule has 0 amide bonds. The fourth-order valence-electron chi connectivity index (χ4n) is 3.44. The van der Waals surface area contributed by atoms with Gasteiger partial charge in [-0.3, -0.25) is 9.59 Å². The Morgan fingerprint density at radius 3 is 2.57 bits per heavy atom. The van der Waals surface area contributed by atoms with E-state index >= 15 is 0 Å². The molecule has 2 aliphatic rings. The van der Waals surface area contributed by atoms with Gasteiger partial charge in [0.25, 0.3) is 0 Å². The Labute approximate surface area is 83.5 Å². The molecule has 78 valence electrons. The summed E-state index contributed by atoms with van der Waals surface area (Å²) in [6.45, 7) is 4.11. The van der Waals surface area contributed by atoms with Crippen LogP contribution in [0.4, 0.5) is 0 Å². The average Bonchev–Trinajstić information content (AvgIpc) is 2.36. The SMILES string of the molecule is CC1(C)[C@@H]2CC[C@@]1(CC(=O)O)C(=O)C2. The van der Waals surface area contributed by atoms with Crippen LogP contribution in [-0.4, -0.2) is 16.9 Å². The standard InChI is InChI=1S/C11H16O3/c1-10(2)7-3-4-11(10,6-9(13)14)8(12)5-7/h7H,3-6H2,1-2H3,(H,13,14)/t7-,11-/m1/s1. The lowest BCUT2D eigenvalue weighted by atomic mass is 9.67. The first-order valence-corrected chi connectivity index (χ1v) is 5.15. The van der Waals surface area contributed by atoms with Crippen molar-refractivity contribution < 1.29 is 14.7 Å². The molecule has 3 heteroatoms. The van der Waals surface area contributed by atoms with Crippen LogP contribution in [0.5, 0.6) is 0 Å². The zero-order valence-corrected chi connectivity index (χ0v) is 8.67. The molecule has 0 unspecified atom stereocenters. The molecule has 0 aromatic heterocycles. The lowest BCUT2D eigenvalue weighted by Crippen LogP contribution is -2.37. The summed E-state index contributed by atoms with van der Waals surface area (Å²) in [5.74, 6) is -0.246. The van der Waals surface area contributed by atoms with Crippen molar-refractivity contribution >= 4 is 11.8 Å². The quantitative estimate of drug-likeness (QED) is 0.733. The number of fused-ring (bicyclic) bond motifs is 2. The van der Waals surface area contributed by atoms with Crippen molar-refractivity contribution in [2.75, 3.05) is 0 Å². The highest BCUT2D eigenvalue weighted by Crippen LogP contribution is 2.65. The number of Topliss-reactive ketones (excluding diaryl/α,β-unsaturated/α-hetero) is 1. The number of ketones is 1. The Morgan fingerprint density at radius 2 is 2.21 bits per heavy atom. The molecule has 2 bridgehead atoms. The smallest absolute Gasteiger partial charge is 0.304 e. The fraction of sp³-hybridized carbons (Fsp3) is 0.818. The van der Waals surface area contributed by atoms with Crippen LogP contribution in [-0.2, 0) is 9.59 Å². The molecule has 2 aliphatic carbocycles. The number of carbonyl (C=O) groups excluding carboxylic acids is 1. The summed E-state index contributed by atoms with van der Waals surface area (Å²) >= 11 is 0. The monoisotopic (exact) mass is 196 g/mol. The third-order valence-corrected chi connectivity index (χ3v) is 4.59. The molecule has 3 nitrogen and oxygen atoms in total. The van der Waals surface area contributed by atoms with Crippen LogP contribution in [0.25, 0.3) is 0 Å². The molecule has 0 aromatic carbocycles. The zero-order chi connectivity index (χ0) is 10.6. The second kappa shape index (κ2) is 2.59. The van der Waals surface area contributed by atoms with Crippen molar-refractivity contribution in [1.82, 2.24) is 0 Å². The first kappa shape index (κ1) is 9.69. The summed E-state index contributed by atoms with van der Waals surface area (Å²) in [5.41, 5.74) is -0.661. The number of carboxylic acids is 1. The van der Waals surface area contributed by atoms with E-state index in [1.165, 1.54) is 0 Å². The van der Waals surface area contributed by atoms with Gasteiger partial charge in [0.15, 0.2) is 0 Å². The molecule has 0 radical (unpaired) electrons. The first-order chi connectivity index (χ1) is 6.40. The van der Waals surface area contributed by atoms with E-state index in [4.69, 9.17) is 5.11 Å². The third kappa shape index (κ3) is 0.928. The topological polar surface area (TPSA) is 54.4 Å². The van der Waals surface area contributed by atoms with E-state index in [1.807, 2.05) is 0 Å². The van der Waals surface area contributed by atoms with Gasteiger partial charge in [0.2, 0.25) is 0 Å². The Bertz CT molecular complexity index is 306. The molecule has 2 saturated carbocycles. The molecule has 2 rings (SSSR count). The fourth-order valence-corrected chi connectivity index (χ4v) is 3.44. The van der Waals surface area contributed by atoms with Gasteiger partial charge in [0.05, 0.1) is 6.42 Å². The molecular weight excluding hydrogens is 180 g/mol. The van der Waals surface area contributed by atoms with Crippen LogP contribution in [0.2, 0.25) is 0 Å². The summed E-state index contributed by atoms with van der Waals surface area (Å²) in [4.78, 5) is 22.7. The maximum Gasteiger partial charge on any atom is 0.304 e. The maximum atomic E-state index is 11.8. The molecular formula is C11H16O3. The Kier molecular flexibility index (Phi) is 1.79. The van der Waals surface area contributed by atoms with E-state index < -0.39 is 11.4 Å². The molecule has 2 atom stereocenters. The van der Waals surface area contributed by atoms with Gasteiger partial charge in [-0.05, 0) is 24.2 Å². The van der Waals surface area contributed by atoms with Crippen molar-refractivity contribution in [2.45, 2.75) is 39.5 Å². The van der Waals surface area contributed by atoms with Crippen molar-refractivity contribution in [3.8, 4) is 0 Å². The summed E-state index contributed by atoms with van der Waals surface area (Å²) < 4.78 is 0. The average molecular weight is 196 g/mol. The molecule has 0 spiro atoms. The number of carbonyl (C=O) groups is 2. The summed E-state index contributed by atoms with van der Waals surface area (Å²) in [6.07, 6.45) is 2.41. The summed E-state index contributed by atoms with van der Waals surface area (Å²) in [7, 11) is 0. The number of aliphatic carboxylic acids is 1. The number of carboxylic acid groups (broad SMARTS) is 1. The lowest BCUT2D eigenvalue weighted by molar-refractivity contribution is -0.146. The van der Waals surface area contributed by atoms with Crippen LogP contribution < -0.4 is 0 Å². The largest absolute Gasteiger partial charge is 0.481 e. The van der Waals surface area contributed by atoms with Gasteiger partial charge in [0, 0.05) is 11.8 Å². The van der Waals surface area contributed by atoms with Crippen LogP contribution >= 0.6 is 0 Å². The van der Waals surface area contributed by atoms with Gasteiger partial charge in [-0.15, -0.1) is 0 Å². The van der Waals surface area contributed by atoms with Crippen molar-refractivity contribution in [1.29, 1.82) is 0 Å². The highest BCUT2D eigenvalue weighted by Gasteiger charge is 2.64. The van der Waals surface area contributed by atoms with E-state index in [-0.39, 0.29) is 17.6 Å². The van der Waals surface area contributed by atoms with Gasteiger partial charge in [0.1, 0.15) is 5.78 Å². The minimum absolute atomic E-state index is 0.0231. The Balaban J connectivity index is 2.39. The van der Waals surface area contributed by atoms with E-state index in [2.05, 4.69) is 13.8 Å². The predicted molar refractivity (Wildman–Crippen MR) is 50.8 cm³/mol. The molecule has 1 N–H and O–H groups in total. The van der Waals surface area contributed by atoms with Crippen LogP contribution in [0.3, 0.4) is 0 Å². The summed E-state index contributed by atoms with van der Waals surface area (Å²) in [5, 5.41) is 8.89. The van der Waals surface area contributed by atoms with Crippen LogP contribution in [0.15, 0.2) is 0 Å². The minimum atomic E-state index is -0.839. The molecule has 0 aliphatic heterocycles. The highest BCUT2D eigenvalue weighted by atomic mass is 16.4. The van der Waals surface area contributed by atoms with E-state index in [1.54, 1.807) is 0 Å². The molecule has 0 aromatic rings. The third-order valence-electron chi connectivity index (χ3n) is 4.59. The van der Waals surface area contributed by atoms with Gasteiger partial charge < -0.3 is 5.11 Å². The summed E-state index contributed by atoms with van der Waals surface area (Å²) in [6, 6.07) is 0. The molecule has 14 heavy (non-hydrogen) atoms. The first-order valence-electron chi connectivity index (χ1n) is 5.15. The maximum absolute atomic E-state index is 11.8. The van der Waals surface area contributed by atoms with Crippen LogP contribution in [0, 0.1) is 16.7 Å². The van der Waals surface area contributed by atoms with Gasteiger partial charge in [-0.2, -0.15) is 0 Å². The second-order valence-electron chi connectivity index (χ2n) is 5.24. The van der Waals surface area contributed by atoms with Crippen LogP contribution in [0.1, 0.15) is 39.5 Å². The van der Waals surface area contributed by atoms with Gasteiger partial charge >= 0.3 is 5.97 Å². The Hall–Kier alpha value is -0.860. The number of hydrogen-bond acceptors (Lipinski definition) is 2. The molecule has 0 heterocycles. The molecule has 0 saturated heterocycles. The second-order valence-corrected chi connectivity index (χ2v) is 5.24. The van der Waals surface area contributed by atoms with Crippen molar-refractivity contribution in [2.24, 2.45) is 16.7 Å². The number of hydrogen-bond donors (Lipinski definition) is 1. The van der Waals surface area contributed by atoms with E-state index in [0.29, 0.717) is 12.3 Å². The lowest BCUT2D eigenvalue weighted by Gasteiger charge is -2.35. The zero-order valence-electron chi connectivity index (χ0n) is 8.67. The molecule has 2 fully saturated rings. The Morgan fingerprint density at radius 1 is 1.57 bits per heavy atom. The minimum Gasteiger partial charge on any atom is -0.481 e. The van der Waals surface area contributed by atoms with Gasteiger partial charge in [-0.25, -0.2) is 0 Å². The van der Waals surface area contributed by atoms with Crippen molar-refractivity contribution in [3.63, 3.8) is 0 Å². The highest BCUT2D eigenvalue weighted by molar-refractivity contribution is 5.92. The van der Waals surface area contributed by atoms with E-state index in [0.717, 1.165) is 12.8 Å². The van der Waals surface area contributed by atoms with E-state index in [9.17, 15) is 9.59 Å². The van der Waals surface area contributed by atoms with Crippen molar-refractivity contribution in [3.05, 3.63) is 0 Å². The van der Waals surface area contributed by atoms with Gasteiger partial charge in [-0.1, -0.05) is 13.8 Å². The predicted octanol–water partition coefficient (Wildman–Crippen LogP) is 1.86.